The Labute approximate surface area is 115 Å². The van der Waals surface area contributed by atoms with Crippen molar-refractivity contribution in [1.29, 1.82) is 0 Å². The number of nitrogen functional groups attached to an aromatic ring is 1. The first-order valence-corrected chi connectivity index (χ1v) is 7.03. The normalized spacial score (nSPS) is 11.4. The molecule has 0 spiro atoms. The van der Waals surface area contributed by atoms with Crippen molar-refractivity contribution in [1.82, 2.24) is 14.5 Å². The van der Waals surface area contributed by atoms with Crippen LogP contribution in [0.4, 0.5) is 5.69 Å². The summed E-state index contributed by atoms with van der Waals surface area (Å²) in [4.78, 5) is 11.2. The molecule has 8 nitrogen and oxygen atoms in total. The third-order valence-corrected chi connectivity index (χ3v) is 4.11. The molecule has 1 heterocycles. The molecule has 0 atom stereocenters. The highest BCUT2D eigenvalue weighted by Gasteiger charge is 2.19. The number of hydrogen-bond acceptors (Lipinski definition) is 5. The molecule has 0 unspecified atom stereocenters. The fourth-order valence-corrected chi connectivity index (χ4v) is 2.60. The summed E-state index contributed by atoms with van der Waals surface area (Å²) in [6.07, 6.45) is 1.34. The van der Waals surface area contributed by atoms with Crippen molar-refractivity contribution in [3.8, 4) is 5.69 Å². The molecule has 0 aliphatic heterocycles. The molecule has 0 radical (unpaired) electrons. The van der Waals surface area contributed by atoms with E-state index in [1.807, 2.05) is 0 Å². The maximum atomic E-state index is 11.9. The lowest BCUT2D eigenvalue weighted by Crippen LogP contribution is -2.20. The van der Waals surface area contributed by atoms with Crippen molar-refractivity contribution < 1.29 is 13.2 Å². The molecule has 2 rings (SSSR count). The largest absolute Gasteiger partial charge is 0.396 e. The molecule has 0 aliphatic rings. The first kappa shape index (κ1) is 14.0. The van der Waals surface area contributed by atoms with Gasteiger partial charge in [-0.1, -0.05) is 12.1 Å². The molecule has 2 aromatic rings. The molecule has 1 aromatic carbocycles. The van der Waals surface area contributed by atoms with Crippen molar-refractivity contribution in [2.24, 2.45) is 5.73 Å². The first-order chi connectivity index (χ1) is 9.36. The number of nitrogens with one attached hydrogen (secondary N) is 1. The topological polar surface area (TPSA) is 133 Å². The molecule has 1 aromatic heterocycles. The van der Waals surface area contributed by atoms with Crippen LogP contribution in [0.3, 0.4) is 0 Å². The average molecular weight is 295 g/mol. The predicted octanol–water partition coefficient (Wildman–Crippen LogP) is -0.538. The van der Waals surface area contributed by atoms with Crippen LogP contribution in [-0.2, 0) is 10.0 Å². The molecular weight excluding hydrogens is 282 g/mol. The number of benzene rings is 1. The lowest BCUT2D eigenvalue weighted by Gasteiger charge is -2.09. The summed E-state index contributed by atoms with van der Waals surface area (Å²) in [7, 11) is -2.36. The van der Waals surface area contributed by atoms with Crippen LogP contribution in [0, 0.1) is 0 Å². The van der Waals surface area contributed by atoms with Gasteiger partial charge in [-0.15, -0.1) is 0 Å². The van der Waals surface area contributed by atoms with E-state index in [2.05, 4.69) is 9.82 Å². The van der Waals surface area contributed by atoms with Crippen molar-refractivity contribution in [2.75, 3.05) is 12.8 Å². The maximum Gasteiger partial charge on any atom is 0.271 e. The van der Waals surface area contributed by atoms with E-state index in [1.54, 1.807) is 18.2 Å². The lowest BCUT2D eigenvalue weighted by molar-refractivity contribution is 0.0996. The smallest absolute Gasteiger partial charge is 0.271 e. The Bertz CT molecular complexity index is 766. The van der Waals surface area contributed by atoms with Gasteiger partial charge >= 0.3 is 0 Å². The van der Waals surface area contributed by atoms with Crippen LogP contribution in [0.1, 0.15) is 10.5 Å². The molecule has 0 aliphatic carbocycles. The Kier molecular flexibility index (Phi) is 3.47. The Balaban J connectivity index is 2.66. The fraction of sp³-hybridized carbons (Fsp3) is 0.0909. The van der Waals surface area contributed by atoms with Crippen LogP contribution in [0.2, 0.25) is 0 Å². The number of carbonyl (C=O) groups excluding carboxylic acids is 1. The van der Waals surface area contributed by atoms with Crippen molar-refractivity contribution >= 4 is 21.6 Å². The van der Waals surface area contributed by atoms with Crippen LogP contribution in [-0.4, -0.2) is 31.2 Å². The van der Waals surface area contributed by atoms with E-state index in [4.69, 9.17) is 11.5 Å². The van der Waals surface area contributed by atoms with Crippen LogP contribution >= 0.6 is 0 Å². The number of nitrogens with two attached hydrogens (primary N) is 2. The van der Waals surface area contributed by atoms with E-state index in [1.165, 1.54) is 24.0 Å². The number of rotatable bonds is 4. The van der Waals surface area contributed by atoms with Crippen LogP contribution in [0.5, 0.6) is 0 Å². The first-order valence-electron chi connectivity index (χ1n) is 5.54. The number of nitrogens with zero attached hydrogens (tertiary/aromatic N) is 2. The zero-order valence-electron chi connectivity index (χ0n) is 10.6. The summed E-state index contributed by atoms with van der Waals surface area (Å²) < 4.78 is 27.3. The lowest BCUT2D eigenvalue weighted by atomic mass is 10.3. The highest BCUT2D eigenvalue weighted by Crippen LogP contribution is 2.21. The summed E-state index contributed by atoms with van der Waals surface area (Å²) in [5.41, 5.74) is 11.0. The second-order valence-corrected chi connectivity index (χ2v) is 5.77. The van der Waals surface area contributed by atoms with Gasteiger partial charge in [-0.05, 0) is 19.2 Å². The van der Waals surface area contributed by atoms with E-state index in [9.17, 15) is 13.2 Å². The summed E-state index contributed by atoms with van der Waals surface area (Å²) in [6.45, 7) is 0. The van der Waals surface area contributed by atoms with Gasteiger partial charge in [0.2, 0.25) is 10.0 Å². The Morgan fingerprint density at radius 2 is 2.00 bits per heavy atom. The second-order valence-electron chi connectivity index (χ2n) is 3.92. The molecule has 0 bridgehead atoms. The molecule has 1 amide bonds. The summed E-state index contributed by atoms with van der Waals surface area (Å²) in [5.74, 6) is -0.782. The molecule has 20 heavy (non-hydrogen) atoms. The molecule has 0 saturated carbocycles. The number of para-hydroxylation sites is 1. The third kappa shape index (κ3) is 2.36. The van der Waals surface area contributed by atoms with Crippen LogP contribution < -0.4 is 16.2 Å². The number of carbonyl (C=O) groups is 1. The van der Waals surface area contributed by atoms with E-state index in [0.29, 0.717) is 0 Å². The number of sulfonamides is 1. The van der Waals surface area contributed by atoms with E-state index >= 15 is 0 Å². The highest BCUT2D eigenvalue weighted by atomic mass is 32.2. The van der Waals surface area contributed by atoms with Gasteiger partial charge in [0.05, 0.1) is 17.6 Å². The number of aromatic nitrogens is 2. The molecule has 0 saturated heterocycles. The quantitative estimate of drug-likeness (QED) is 0.696. The third-order valence-electron chi connectivity index (χ3n) is 2.65. The second kappa shape index (κ2) is 4.94. The van der Waals surface area contributed by atoms with Crippen molar-refractivity contribution in [3.05, 3.63) is 36.2 Å². The van der Waals surface area contributed by atoms with Gasteiger partial charge < -0.3 is 11.5 Å². The number of hydrogen-bond donors (Lipinski definition) is 3. The SMILES string of the molecule is CNS(=O)(=O)c1ccccc1-n1cc(N)c(C(N)=O)n1. The summed E-state index contributed by atoms with van der Waals surface area (Å²) >= 11 is 0. The van der Waals surface area contributed by atoms with Gasteiger partial charge in [0, 0.05) is 0 Å². The van der Waals surface area contributed by atoms with E-state index in [-0.39, 0.29) is 22.0 Å². The summed E-state index contributed by atoms with van der Waals surface area (Å²) in [5, 5.41) is 3.91. The number of primary amides is 1. The zero-order chi connectivity index (χ0) is 14.9. The minimum absolute atomic E-state index is 0.0148. The van der Waals surface area contributed by atoms with Gasteiger partial charge in [-0.25, -0.2) is 17.8 Å². The molecule has 0 fully saturated rings. The molecular formula is C11H13N5O3S. The maximum absolute atomic E-state index is 11.9. The van der Waals surface area contributed by atoms with Crippen LogP contribution in [0.25, 0.3) is 5.69 Å². The molecule has 106 valence electrons. The zero-order valence-corrected chi connectivity index (χ0v) is 11.4. The molecule has 5 N–H and O–H groups in total. The Hall–Kier alpha value is -2.39. The Morgan fingerprint density at radius 3 is 2.55 bits per heavy atom. The standard InChI is InChI=1S/C11H13N5O3S/c1-14-20(18,19)9-5-3-2-4-8(9)16-6-7(12)10(15-16)11(13)17/h2-6,14H,12H2,1H3,(H2,13,17). The number of anilines is 1. The van der Waals surface area contributed by atoms with Gasteiger partial charge in [0.25, 0.3) is 5.91 Å². The van der Waals surface area contributed by atoms with Gasteiger partial charge in [0.1, 0.15) is 4.90 Å². The Morgan fingerprint density at radius 1 is 1.35 bits per heavy atom. The monoisotopic (exact) mass is 295 g/mol. The minimum atomic E-state index is -3.67. The number of amides is 1. The fourth-order valence-electron chi connectivity index (χ4n) is 1.69. The van der Waals surface area contributed by atoms with Crippen molar-refractivity contribution in [3.63, 3.8) is 0 Å². The van der Waals surface area contributed by atoms with Gasteiger partial charge in [-0.3, -0.25) is 4.79 Å². The van der Waals surface area contributed by atoms with Gasteiger partial charge in [-0.2, -0.15) is 5.10 Å². The predicted molar refractivity (Wildman–Crippen MR) is 72.7 cm³/mol. The summed E-state index contributed by atoms with van der Waals surface area (Å²) in [6, 6.07) is 6.19. The average Bonchev–Trinajstić information content (AvgIpc) is 2.81. The molecule has 9 heteroatoms. The van der Waals surface area contributed by atoms with E-state index < -0.39 is 15.9 Å². The van der Waals surface area contributed by atoms with Crippen LogP contribution in [0.15, 0.2) is 35.4 Å². The van der Waals surface area contributed by atoms with Crippen molar-refractivity contribution in [2.45, 2.75) is 4.90 Å². The van der Waals surface area contributed by atoms with Gasteiger partial charge in [0.15, 0.2) is 5.69 Å². The highest BCUT2D eigenvalue weighted by molar-refractivity contribution is 7.89. The van der Waals surface area contributed by atoms with E-state index in [0.717, 1.165) is 0 Å². The minimum Gasteiger partial charge on any atom is -0.396 e.